The molecule has 0 radical (unpaired) electrons. The average molecular weight is 1720 g/mol. The fraction of sp³-hybridized carbons (Fsp3) is 0.184. The van der Waals surface area contributed by atoms with Crippen molar-refractivity contribution in [3.63, 3.8) is 0 Å². The first-order valence-electron chi connectivity index (χ1n) is 50.8. The van der Waals surface area contributed by atoms with E-state index in [1.807, 2.05) is 0 Å². The first kappa shape index (κ1) is 74.4. The predicted molar refractivity (Wildman–Crippen MR) is 564 cm³/mol. The lowest BCUT2D eigenvalue weighted by Crippen LogP contribution is -2.62. The van der Waals surface area contributed by atoms with Gasteiger partial charge in [-0.25, -0.2) is 0 Å². The number of fused-ring (bicyclic) bond motifs is 13. The van der Waals surface area contributed by atoms with Crippen LogP contribution in [0, 0.1) is 0 Å². The maximum atomic E-state index is 9.68. The average Bonchev–Trinajstić information content (AvgIpc) is 1.55. The van der Waals surface area contributed by atoms with Gasteiger partial charge >= 0.3 is 0 Å². The van der Waals surface area contributed by atoms with Crippen molar-refractivity contribution < 1.29 is 11.0 Å². The van der Waals surface area contributed by atoms with Crippen molar-refractivity contribution in [2.24, 2.45) is 0 Å². The van der Waals surface area contributed by atoms with Gasteiger partial charge in [0, 0.05) is 128 Å². The van der Waals surface area contributed by atoms with E-state index in [0.717, 1.165) is 123 Å². The molecular weight excluding hydrogens is 1600 g/mol. The molecule has 2 aliphatic heterocycles. The minimum absolute atomic E-state index is 0.0691. The highest BCUT2D eigenvalue weighted by Crippen LogP contribution is 2.49. The van der Waals surface area contributed by atoms with Crippen molar-refractivity contribution in [2.45, 2.75) is 150 Å². The number of anilines is 5. The van der Waals surface area contributed by atoms with E-state index in [9.17, 15) is 8.22 Å². The van der Waals surface area contributed by atoms with Crippen LogP contribution in [0.5, 0.6) is 0 Å². The maximum Gasteiger partial charge on any atom is 0.252 e. The summed E-state index contributed by atoms with van der Waals surface area (Å²) in [6, 6.07) is 122. The van der Waals surface area contributed by atoms with Gasteiger partial charge in [0.05, 0.1) is 22.0 Å². The molecule has 2 aliphatic rings. The molecule has 0 atom stereocenters. The van der Waals surface area contributed by atoms with Crippen LogP contribution in [-0.4, -0.2) is 20.4 Å². The summed E-state index contributed by atoms with van der Waals surface area (Å²) in [5.74, 6) is 0. The molecule has 6 nitrogen and oxygen atoms in total. The molecule has 20 aromatic rings. The monoisotopic (exact) mass is 1720 g/mol. The van der Waals surface area contributed by atoms with Crippen LogP contribution >= 0.6 is 0 Å². The fourth-order valence-corrected chi connectivity index (χ4v) is 21.0. The summed E-state index contributed by atoms with van der Waals surface area (Å²) in [5.41, 5.74) is 34.6. The first-order valence-corrected chi connectivity index (χ1v) is 46.8. The van der Waals surface area contributed by atoms with Crippen LogP contribution in [-0.2, 0) is 67.3 Å². The maximum absolute atomic E-state index is 9.68. The Balaban J connectivity index is 0.837. The molecular formula is C125H113BN6. The Labute approximate surface area is 789 Å². The Hall–Kier alpha value is -14.4. The Morgan fingerprint density at radius 3 is 1.11 bits per heavy atom. The van der Waals surface area contributed by atoms with Crippen LogP contribution in [0.1, 0.15) is 150 Å². The van der Waals surface area contributed by atoms with E-state index in [1.165, 1.54) is 71.4 Å². The molecule has 646 valence electrons. The van der Waals surface area contributed by atoms with Crippen molar-refractivity contribution in [3.05, 3.63) is 438 Å². The lowest BCUT2D eigenvalue weighted by molar-refractivity contribution is 0.590. The van der Waals surface area contributed by atoms with Gasteiger partial charge in [-0.3, -0.25) is 0 Å². The first-order chi connectivity index (χ1) is 67.3. The standard InChI is InChI=1S/C125H113BN6/c1-122(2,3)91-56-64-113-105(72-91)106-73-92(123(4,5)6)57-65-114(106)129(113)80-85-55-63-110-118(69-85)131(82-108-103(89-42-24-16-25-43-89)76-94(125(10,11)12)77-104(108)90-44-26-17-27-45-90)120-71-86(79-127(78-84-36-18-13-19-37-84)95-58-60-96(61-59-95)132-115-52-34-30-48-99(115)100-49-31-35-53-116(100)132)70-119-121(120)126(110)109-62-54-83(66-67-128-111-50-32-28-46-97(111)98-47-29-33-51-112(98)128)68-117(109)130(119)81-107-101(87-38-20-14-21-39-87)74-93(124(7,8)9)75-102(107)88-40-22-15-23-41-88/h13-65,68-77H,66-67,78-82H2,1-12H3/i28D,29D,32D,33D,46D,47D,50D,51D. The zero-order chi connectivity index (χ0) is 97.0. The largest absolute Gasteiger partial charge is 0.363 e. The molecule has 3 aromatic heterocycles. The fourth-order valence-electron chi connectivity index (χ4n) is 21.0. The van der Waals surface area contributed by atoms with Gasteiger partial charge in [-0.15, -0.1) is 0 Å². The van der Waals surface area contributed by atoms with Crippen LogP contribution in [0.3, 0.4) is 0 Å². The van der Waals surface area contributed by atoms with Gasteiger partial charge in [-0.1, -0.05) is 368 Å². The normalized spacial score (nSPS) is 13.7. The zero-order valence-corrected chi connectivity index (χ0v) is 77.5. The zero-order valence-electron chi connectivity index (χ0n) is 85.5. The number of aryl methyl sites for hydroxylation is 2. The summed E-state index contributed by atoms with van der Waals surface area (Å²) >= 11 is 0. The highest BCUT2D eigenvalue weighted by molar-refractivity contribution is 7.00. The molecule has 0 saturated carbocycles. The topological polar surface area (TPSA) is 24.5 Å². The Kier molecular flexibility index (Phi) is 18.5. The summed E-state index contributed by atoms with van der Waals surface area (Å²) in [7, 11) is 0. The van der Waals surface area contributed by atoms with E-state index in [1.54, 1.807) is 4.57 Å². The van der Waals surface area contributed by atoms with Gasteiger partial charge in [-0.2, -0.15) is 0 Å². The van der Waals surface area contributed by atoms with E-state index < -0.39 is 24.2 Å². The van der Waals surface area contributed by atoms with Crippen LogP contribution in [0.15, 0.2) is 382 Å². The van der Waals surface area contributed by atoms with Crippen molar-refractivity contribution in [3.8, 4) is 50.2 Å². The molecule has 0 saturated heterocycles. The van der Waals surface area contributed by atoms with Crippen molar-refractivity contribution in [1.82, 2.24) is 13.7 Å². The molecule has 0 amide bonds. The van der Waals surface area contributed by atoms with Gasteiger partial charge < -0.3 is 28.4 Å². The summed E-state index contributed by atoms with van der Waals surface area (Å²) in [6.07, 6.45) is 0.302. The summed E-state index contributed by atoms with van der Waals surface area (Å²) in [5, 5.41) is 5.02. The molecule has 17 aromatic carbocycles. The van der Waals surface area contributed by atoms with Crippen LogP contribution < -0.4 is 31.1 Å². The molecule has 0 unspecified atom stereocenters. The predicted octanol–water partition coefficient (Wildman–Crippen LogP) is 30.2. The lowest BCUT2D eigenvalue weighted by Gasteiger charge is -2.45. The Bertz CT molecular complexity index is 8030. The third-order valence-electron chi connectivity index (χ3n) is 28.0. The quantitative estimate of drug-likeness (QED) is 0.0754. The number of hydrogen-bond acceptors (Lipinski definition) is 3. The molecule has 22 rings (SSSR count). The van der Waals surface area contributed by atoms with Gasteiger partial charge in [0.1, 0.15) is 0 Å². The SMILES string of the molecule is [2H]c1c([2H])c([2H])c2c(c1[2H])c1c([2H])c([2H])c([2H])c([2H])c1n2CCc1ccc2c(c1)N(Cc1c(-c3ccccc3)cc(C(C)(C)C)cc1-c1ccccc1)c1cc(CN(Cc3ccccc3)c3ccc(-n4c5ccccc5c5ccccc54)cc3)cc3c1B2c1ccc(Cn2c4ccc(C(C)(C)C)cc4c4cc(C(C)(C)C)ccc42)cc1N3Cc1c(-c2ccccc2)cc(C(C)(C)C)cc1-c1ccccc1. The van der Waals surface area contributed by atoms with E-state index in [4.69, 9.17) is 2.74 Å². The van der Waals surface area contributed by atoms with Gasteiger partial charge in [0.15, 0.2) is 0 Å². The second kappa shape index (κ2) is 32.9. The van der Waals surface area contributed by atoms with Gasteiger partial charge in [-0.05, 0) is 242 Å². The number of nitrogens with zero attached hydrogens (tertiary/aromatic N) is 6. The summed E-state index contributed by atoms with van der Waals surface area (Å²) in [6.45, 7) is 30.0. The van der Waals surface area contributed by atoms with Crippen molar-refractivity contribution >= 4 is 117 Å². The van der Waals surface area contributed by atoms with Crippen LogP contribution in [0.2, 0.25) is 0 Å². The van der Waals surface area contributed by atoms with E-state index in [0.29, 0.717) is 39.1 Å². The number of benzene rings is 17. The number of hydrogen-bond donors (Lipinski definition) is 0. The second-order valence-corrected chi connectivity index (χ2v) is 40.6. The molecule has 5 heterocycles. The van der Waals surface area contributed by atoms with Crippen LogP contribution in [0.4, 0.5) is 28.4 Å². The van der Waals surface area contributed by atoms with Crippen molar-refractivity contribution in [1.29, 1.82) is 0 Å². The van der Waals surface area contributed by atoms with E-state index >= 15 is 0 Å². The molecule has 0 N–H and O–H groups in total. The highest BCUT2D eigenvalue weighted by Gasteiger charge is 2.45. The summed E-state index contributed by atoms with van der Waals surface area (Å²) < 4.78 is 81.4. The Morgan fingerprint density at radius 1 is 0.288 bits per heavy atom. The number of para-hydroxylation sites is 4. The third-order valence-corrected chi connectivity index (χ3v) is 28.0. The molecule has 132 heavy (non-hydrogen) atoms. The molecule has 0 bridgehead atoms. The molecule has 0 spiro atoms. The van der Waals surface area contributed by atoms with E-state index in [2.05, 4.69) is 441 Å². The van der Waals surface area contributed by atoms with Gasteiger partial charge in [0.25, 0.3) is 6.71 Å². The van der Waals surface area contributed by atoms with Crippen LogP contribution in [0.25, 0.3) is 116 Å². The Morgan fingerprint density at radius 2 is 0.674 bits per heavy atom. The molecule has 0 fully saturated rings. The minimum atomic E-state index is -0.469. The third kappa shape index (κ3) is 15.1. The number of rotatable bonds is 19. The number of aromatic nitrogens is 3. The van der Waals surface area contributed by atoms with Crippen molar-refractivity contribution in [2.75, 3.05) is 14.7 Å². The summed E-state index contributed by atoms with van der Waals surface area (Å²) in [4.78, 5) is 7.92. The van der Waals surface area contributed by atoms with E-state index in [-0.39, 0.29) is 80.9 Å². The smallest absolute Gasteiger partial charge is 0.252 e. The highest BCUT2D eigenvalue weighted by atomic mass is 15.2. The second-order valence-electron chi connectivity index (χ2n) is 40.6. The molecule has 7 heteroatoms. The lowest BCUT2D eigenvalue weighted by atomic mass is 9.33. The molecule has 0 aliphatic carbocycles. The minimum Gasteiger partial charge on any atom is -0.363 e. The van der Waals surface area contributed by atoms with Gasteiger partial charge in [0.2, 0.25) is 0 Å².